The lowest BCUT2D eigenvalue weighted by molar-refractivity contribution is 0.0689. The van der Waals surface area contributed by atoms with E-state index in [2.05, 4.69) is 22.9 Å². The third-order valence-corrected chi connectivity index (χ3v) is 4.76. The zero-order valence-corrected chi connectivity index (χ0v) is 16.3. The second kappa shape index (κ2) is 7.84. The summed E-state index contributed by atoms with van der Waals surface area (Å²) in [5.74, 6) is -0.0401. The van der Waals surface area contributed by atoms with E-state index >= 15 is 0 Å². The lowest BCUT2D eigenvalue weighted by atomic mass is 10.1. The van der Waals surface area contributed by atoms with Crippen LogP contribution in [0.5, 0.6) is 5.75 Å². The minimum absolute atomic E-state index is 0.262. The lowest BCUT2D eigenvalue weighted by Gasteiger charge is -2.18. The molecule has 0 fully saturated rings. The summed E-state index contributed by atoms with van der Waals surface area (Å²) in [7, 11) is 1.98. The van der Waals surface area contributed by atoms with Crippen LogP contribution in [0.25, 0.3) is 10.9 Å². The van der Waals surface area contributed by atoms with Crippen molar-refractivity contribution in [3.63, 3.8) is 0 Å². The first-order valence-electron chi connectivity index (χ1n) is 9.08. The SMILES string of the molecule is Cc1ccc(OCCN(C)Cc2c(C(=O)O)[nH]c3ccc(C)cc23)c(C)c1. The number of aromatic nitrogens is 1. The molecule has 27 heavy (non-hydrogen) atoms. The number of ether oxygens (including phenoxy) is 1. The Balaban J connectivity index is 1.70. The Hall–Kier alpha value is -2.79. The van der Waals surface area contributed by atoms with E-state index < -0.39 is 5.97 Å². The van der Waals surface area contributed by atoms with E-state index in [1.54, 1.807) is 0 Å². The van der Waals surface area contributed by atoms with Crippen LogP contribution in [0.1, 0.15) is 32.7 Å². The Kier molecular flexibility index (Phi) is 5.51. The van der Waals surface area contributed by atoms with Crippen molar-refractivity contribution in [1.29, 1.82) is 0 Å². The largest absolute Gasteiger partial charge is 0.492 e. The van der Waals surface area contributed by atoms with Gasteiger partial charge in [0, 0.05) is 29.6 Å². The molecule has 0 aliphatic heterocycles. The van der Waals surface area contributed by atoms with Crippen molar-refractivity contribution in [1.82, 2.24) is 9.88 Å². The fraction of sp³-hybridized carbons (Fsp3) is 0.318. The molecule has 5 heteroatoms. The first-order chi connectivity index (χ1) is 12.8. The number of H-pyrrole nitrogens is 1. The number of hydrogen-bond acceptors (Lipinski definition) is 3. The Bertz CT molecular complexity index is 975. The van der Waals surface area contributed by atoms with Crippen molar-refractivity contribution < 1.29 is 14.6 Å². The predicted octanol–water partition coefficient (Wildman–Crippen LogP) is 4.30. The normalized spacial score (nSPS) is 11.3. The number of fused-ring (bicyclic) bond motifs is 1. The van der Waals surface area contributed by atoms with Crippen LogP contribution in [-0.4, -0.2) is 41.2 Å². The summed E-state index contributed by atoms with van der Waals surface area (Å²) in [6.45, 7) is 7.90. The molecule has 0 atom stereocenters. The molecule has 0 saturated carbocycles. The minimum atomic E-state index is -0.932. The van der Waals surface area contributed by atoms with Gasteiger partial charge in [0.05, 0.1) is 0 Å². The molecule has 0 saturated heterocycles. The van der Waals surface area contributed by atoms with E-state index in [0.29, 0.717) is 19.7 Å². The number of nitrogens with one attached hydrogen (secondary N) is 1. The van der Waals surface area contributed by atoms with Crippen molar-refractivity contribution in [2.24, 2.45) is 0 Å². The number of aryl methyl sites for hydroxylation is 3. The molecular formula is C22H26N2O3. The van der Waals surface area contributed by atoms with Gasteiger partial charge in [-0.15, -0.1) is 0 Å². The number of hydrogen-bond donors (Lipinski definition) is 2. The van der Waals surface area contributed by atoms with Gasteiger partial charge in [-0.05, 0) is 51.6 Å². The van der Waals surface area contributed by atoms with E-state index in [1.165, 1.54) is 5.56 Å². The van der Waals surface area contributed by atoms with E-state index in [0.717, 1.165) is 33.3 Å². The average molecular weight is 366 g/mol. The van der Waals surface area contributed by atoms with Gasteiger partial charge < -0.3 is 14.8 Å². The zero-order chi connectivity index (χ0) is 19.6. The average Bonchev–Trinajstić information content (AvgIpc) is 2.95. The number of carbonyl (C=O) groups is 1. The molecule has 2 aromatic carbocycles. The second-order valence-electron chi connectivity index (χ2n) is 7.19. The Labute approximate surface area is 159 Å². The number of likely N-dealkylation sites (N-methyl/N-ethyl adjacent to an activating group) is 1. The van der Waals surface area contributed by atoms with Crippen LogP contribution in [-0.2, 0) is 6.54 Å². The molecule has 3 aromatic rings. The fourth-order valence-electron chi connectivity index (χ4n) is 3.33. The van der Waals surface area contributed by atoms with Crippen molar-refractivity contribution >= 4 is 16.9 Å². The summed E-state index contributed by atoms with van der Waals surface area (Å²) in [4.78, 5) is 16.8. The maximum Gasteiger partial charge on any atom is 0.352 e. The van der Waals surface area contributed by atoms with Crippen LogP contribution >= 0.6 is 0 Å². The fourth-order valence-corrected chi connectivity index (χ4v) is 3.33. The van der Waals surface area contributed by atoms with E-state index in [9.17, 15) is 9.90 Å². The van der Waals surface area contributed by atoms with Crippen molar-refractivity contribution in [3.8, 4) is 5.75 Å². The molecule has 0 radical (unpaired) electrons. The molecule has 3 rings (SSSR count). The zero-order valence-electron chi connectivity index (χ0n) is 16.3. The summed E-state index contributed by atoms with van der Waals surface area (Å²) >= 11 is 0. The highest BCUT2D eigenvalue weighted by molar-refractivity contribution is 5.97. The summed E-state index contributed by atoms with van der Waals surface area (Å²) in [6.07, 6.45) is 0. The highest BCUT2D eigenvalue weighted by Crippen LogP contribution is 2.25. The maximum absolute atomic E-state index is 11.6. The number of aromatic carboxylic acids is 1. The standard InChI is InChI=1S/C22H26N2O3/c1-14-6-8-20(16(3)11-14)27-10-9-24(4)13-18-17-12-15(2)5-7-19(17)23-21(18)22(25)26/h5-8,11-12,23H,9-10,13H2,1-4H3,(H,25,26). The van der Waals surface area contributed by atoms with Gasteiger partial charge in [-0.2, -0.15) is 0 Å². The predicted molar refractivity (Wildman–Crippen MR) is 108 cm³/mol. The number of aromatic amines is 1. The quantitative estimate of drug-likeness (QED) is 0.654. The lowest BCUT2D eigenvalue weighted by Crippen LogP contribution is -2.24. The maximum atomic E-state index is 11.6. The van der Waals surface area contributed by atoms with Gasteiger partial charge in [0.2, 0.25) is 0 Å². The highest BCUT2D eigenvalue weighted by atomic mass is 16.5. The van der Waals surface area contributed by atoms with Gasteiger partial charge in [-0.1, -0.05) is 29.3 Å². The molecule has 1 heterocycles. The summed E-state index contributed by atoms with van der Waals surface area (Å²) in [6, 6.07) is 12.1. The summed E-state index contributed by atoms with van der Waals surface area (Å²) in [5.41, 5.74) is 5.38. The molecule has 0 aliphatic carbocycles. The molecule has 0 spiro atoms. The number of nitrogens with zero attached hydrogens (tertiary/aromatic N) is 1. The second-order valence-corrected chi connectivity index (χ2v) is 7.19. The van der Waals surface area contributed by atoms with Crippen LogP contribution in [0.4, 0.5) is 0 Å². The topological polar surface area (TPSA) is 65.6 Å². The van der Waals surface area contributed by atoms with Crippen LogP contribution in [0.2, 0.25) is 0 Å². The molecule has 0 unspecified atom stereocenters. The molecule has 5 nitrogen and oxygen atoms in total. The smallest absolute Gasteiger partial charge is 0.352 e. The van der Waals surface area contributed by atoms with Gasteiger partial charge in [0.1, 0.15) is 18.1 Å². The Morgan fingerprint density at radius 1 is 1.11 bits per heavy atom. The Morgan fingerprint density at radius 3 is 2.52 bits per heavy atom. The first kappa shape index (κ1) is 19.0. The molecule has 142 valence electrons. The van der Waals surface area contributed by atoms with Crippen LogP contribution in [0.3, 0.4) is 0 Å². The van der Waals surface area contributed by atoms with Gasteiger partial charge in [-0.3, -0.25) is 4.90 Å². The molecular weight excluding hydrogens is 340 g/mol. The summed E-state index contributed by atoms with van der Waals surface area (Å²) in [5, 5.41) is 10.5. The molecule has 1 aromatic heterocycles. The molecule has 0 aliphatic rings. The van der Waals surface area contributed by atoms with Gasteiger partial charge in [0.25, 0.3) is 0 Å². The third-order valence-electron chi connectivity index (χ3n) is 4.76. The number of carboxylic acids is 1. The number of carboxylic acid groups (broad SMARTS) is 1. The molecule has 2 N–H and O–H groups in total. The van der Waals surface area contributed by atoms with E-state index in [-0.39, 0.29) is 5.69 Å². The number of rotatable bonds is 7. The molecule has 0 amide bonds. The van der Waals surface area contributed by atoms with E-state index in [1.807, 2.05) is 51.2 Å². The summed E-state index contributed by atoms with van der Waals surface area (Å²) < 4.78 is 5.90. The Morgan fingerprint density at radius 2 is 1.81 bits per heavy atom. The van der Waals surface area contributed by atoms with Crippen LogP contribution in [0, 0.1) is 20.8 Å². The van der Waals surface area contributed by atoms with Crippen LogP contribution in [0.15, 0.2) is 36.4 Å². The minimum Gasteiger partial charge on any atom is -0.492 e. The van der Waals surface area contributed by atoms with Crippen molar-refractivity contribution in [2.45, 2.75) is 27.3 Å². The van der Waals surface area contributed by atoms with Gasteiger partial charge >= 0.3 is 5.97 Å². The van der Waals surface area contributed by atoms with Crippen LogP contribution < -0.4 is 4.74 Å². The van der Waals surface area contributed by atoms with Gasteiger partial charge in [0.15, 0.2) is 0 Å². The highest BCUT2D eigenvalue weighted by Gasteiger charge is 2.18. The van der Waals surface area contributed by atoms with Crippen molar-refractivity contribution in [2.75, 3.05) is 20.2 Å². The van der Waals surface area contributed by atoms with Gasteiger partial charge in [-0.25, -0.2) is 4.79 Å². The molecule has 0 bridgehead atoms. The monoisotopic (exact) mass is 366 g/mol. The first-order valence-corrected chi connectivity index (χ1v) is 9.08. The van der Waals surface area contributed by atoms with E-state index in [4.69, 9.17) is 4.74 Å². The number of benzene rings is 2. The third kappa shape index (κ3) is 4.31. The van der Waals surface area contributed by atoms with Crippen molar-refractivity contribution in [3.05, 3.63) is 64.3 Å².